The number of hydrogen-bond donors (Lipinski definition) is 3. The second-order valence-corrected chi connectivity index (χ2v) is 6.18. The molecule has 1 aromatic carbocycles. The number of alkyl carbamates (subject to hydrolysis) is 1. The highest BCUT2D eigenvalue weighted by Crippen LogP contribution is 2.14. The molecule has 0 bridgehead atoms. The standard InChI is InChI=1S/C18H30N2O3/c1-18(22,15-19-2)12-8-3-4-9-13-20-17(21)23-14-16-10-6-5-7-11-16/h5-7,10-11,19,22H,3-4,8-9,12-15H2,1-2H3,(H,20,21). The lowest BCUT2D eigenvalue weighted by molar-refractivity contribution is 0.0500. The summed E-state index contributed by atoms with van der Waals surface area (Å²) in [6, 6.07) is 9.63. The fourth-order valence-corrected chi connectivity index (χ4v) is 2.42. The number of carbonyl (C=O) groups is 1. The molecule has 0 aromatic heterocycles. The van der Waals surface area contributed by atoms with Gasteiger partial charge in [0.1, 0.15) is 6.61 Å². The van der Waals surface area contributed by atoms with E-state index in [2.05, 4.69) is 10.6 Å². The molecule has 0 aliphatic rings. The summed E-state index contributed by atoms with van der Waals surface area (Å²) < 4.78 is 5.14. The number of amides is 1. The summed E-state index contributed by atoms with van der Waals surface area (Å²) in [6.07, 6.45) is 4.43. The first-order valence-corrected chi connectivity index (χ1v) is 8.35. The van der Waals surface area contributed by atoms with Gasteiger partial charge in [-0.1, -0.05) is 49.6 Å². The van der Waals surface area contributed by atoms with Gasteiger partial charge in [0.25, 0.3) is 0 Å². The van der Waals surface area contributed by atoms with Crippen LogP contribution in [0.4, 0.5) is 4.79 Å². The van der Waals surface area contributed by atoms with Gasteiger partial charge in [-0.15, -0.1) is 0 Å². The Morgan fingerprint density at radius 3 is 2.57 bits per heavy atom. The van der Waals surface area contributed by atoms with E-state index in [0.717, 1.165) is 37.7 Å². The second-order valence-electron chi connectivity index (χ2n) is 6.18. The summed E-state index contributed by atoms with van der Waals surface area (Å²) in [5, 5.41) is 15.8. The molecule has 0 heterocycles. The Morgan fingerprint density at radius 1 is 1.17 bits per heavy atom. The Morgan fingerprint density at radius 2 is 1.87 bits per heavy atom. The van der Waals surface area contributed by atoms with Crippen molar-refractivity contribution in [1.29, 1.82) is 0 Å². The molecular weight excluding hydrogens is 292 g/mol. The number of carbonyl (C=O) groups excluding carboxylic acids is 1. The minimum absolute atomic E-state index is 0.299. The predicted molar refractivity (Wildman–Crippen MR) is 92.3 cm³/mol. The molecule has 0 fully saturated rings. The Kier molecular flexibility index (Phi) is 9.33. The number of unbranched alkanes of at least 4 members (excludes halogenated alkanes) is 3. The Bertz CT molecular complexity index is 435. The molecular formula is C18H30N2O3. The molecule has 0 aliphatic carbocycles. The lowest BCUT2D eigenvalue weighted by Crippen LogP contribution is -2.35. The molecule has 130 valence electrons. The van der Waals surface area contributed by atoms with Crippen LogP contribution in [-0.2, 0) is 11.3 Å². The third kappa shape index (κ3) is 9.92. The van der Waals surface area contributed by atoms with Crippen LogP contribution in [0.1, 0.15) is 44.6 Å². The molecule has 0 saturated heterocycles. The van der Waals surface area contributed by atoms with Crippen molar-refractivity contribution in [3.8, 4) is 0 Å². The molecule has 1 aromatic rings. The van der Waals surface area contributed by atoms with E-state index in [-0.39, 0.29) is 6.09 Å². The Labute approximate surface area is 139 Å². The van der Waals surface area contributed by atoms with Gasteiger partial charge in [0.2, 0.25) is 0 Å². The van der Waals surface area contributed by atoms with Gasteiger partial charge < -0.3 is 20.5 Å². The molecule has 5 heteroatoms. The number of likely N-dealkylation sites (N-methyl/N-ethyl adjacent to an activating group) is 1. The maximum Gasteiger partial charge on any atom is 0.407 e. The van der Waals surface area contributed by atoms with Gasteiger partial charge >= 0.3 is 6.09 Å². The summed E-state index contributed by atoms with van der Waals surface area (Å²) in [5.41, 5.74) is 0.352. The fraction of sp³-hybridized carbons (Fsp3) is 0.611. The minimum Gasteiger partial charge on any atom is -0.445 e. The number of ether oxygens (including phenoxy) is 1. The third-order valence-electron chi connectivity index (χ3n) is 3.68. The smallest absolute Gasteiger partial charge is 0.407 e. The van der Waals surface area contributed by atoms with E-state index in [1.807, 2.05) is 44.3 Å². The van der Waals surface area contributed by atoms with Crippen LogP contribution in [0.3, 0.4) is 0 Å². The fourth-order valence-electron chi connectivity index (χ4n) is 2.42. The summed E-state index contributed by atoms with van der Waals surface area (Å²) >= 11 is 0. The molecule has 1 atom stereocenters. The molecule has 1 rings (SSSR count). The van der Waals surface area contributed by atoms with Gasteiger partial charge in [-0.25, -0.2) is 4.79 Å². The number of aliphatic hydroxyl groups is 1. The van der Waals surface area contributed by atoms with Gasteiger partial charge in [-0.2, -0.15) is 0 Å². The van der Waals surface area contributed by atoms with Crippen LogP contribution in [0.2, 0.25) is 0 Å². The molecule has 1 unspecified atom stereocenters. The van der Waals surface area contributed by atoms with Crippen LogP contribution < -0.4 is 10.6 Å². The molecule has 3 N–H and O–H groups in total. The summed E-state index contributed by atoms with van der Waals surface area (Å²) in [6.45, 7) is 3.39. The Balaban J connectivity index is 1.97. The highest BCUT2D eigenvalue weighted by Gasteiger charge is 2.17. The normalized spacial score (nSPS) is 13.3. The topological polar surface area (TPSA) is 70.6 Å². The first-order valence-electron chi connectivity index (χ1n) is 8.35. The van der Waals surface area contributed by atoms with Crippen molar-refractivity contribution in [3.63, 3.8) is 0 Å². The number of nitrogens with one attached hydrogen (secondary N) is 2. The highest BCUT2D eigenvalue weighted by atomic mass is 16.5. The summed E-state index contributed by atoms with van der Waals surface area (Å²) in [7, 11) is 1.84. The number of benzene rings is 1. The average molecular weight is 322 g/mol. The largest absolute Gasteiger partial charge is 0.445 e. The maximum absolute atomic E-state index is 11.5. The zero-order valence-electron chi connectivity index (χ0n) is 14.3. The van der Waals surface area contributed by atoms with Crippen LogP contribution in [-0.4, -0.2) is 36.9 Å². The van der Waals surface area contributed by atoms with Crippen LogP contribution in [0.25, 0.3) is 0 Å². The van der Waals surface area contributed by atoms with Crippen LogP contribution >= 0.6 is 0 Å². The minimum atomic E-state index is -0.631. The van der Waals surface area contributed by atoms with E-state index in [1.54, 1.807) is 0 Å². The van der Waals surface area contributed by atoms with Gasteiger partial charge in [0.15, 0.2) is 0 Å². The number of rotatable bonds is 11. The molecule has 1 amide bonds. The van der Waals surface area contributed by atoms with Crippen molar-refractivity contribution in [1.82, 2.24) is 10.6 Å². The van der Waals surface area contributed by atoms with Gasteiger partial charge in [-0.05, 0) is 32.4 Å². The summed E-state index contributed by atoms with van der Waals surface area (Å²) in [4.78, 5) is 11.5. The highest BCUT2D eigenvalue weighted by molar-refractivity contribution is 5.67. The zero-order valence-corrected chi connectivity index (χ0v) is 14.3. The molecule has 0 saturated carbocycles. The number of hydrogen-bond acceptors (Lipinski definition) is 4. The lowest BCUT2D eigenvalue weighted by atomic mass is 9.98. The first kappa shape index (κ1) is 19.5. The third-order valence-corrected chi connectivity index (χ3v) is 3.68. The van der Waals surface area contributed by atoms with E-state index >= 15 is 0 Å². The molecule has 5 nitrogen and oxygen atoms in total. The SMILES string of the molecule is CNCC(C)(O)CCCCCCNC(=O)OCc1ccccc1. The van der Waals surface area contributed by atoms with Crippen molar-refractivity contribution in [3.05, 3.63) is 35.9 Å². The first-order chi connectivity index (χ1) is 11.0. The maximum atomic E-state index is 11.5. The van der Waals surface area contributed by atoms with Crippen molar-refractivity contribution in [2.24, 2.45) is 0 Å². The predicted octanol–water partition coefficient (Wildman–Crippen LogP) is 2.83. The van der Waals surface area contributed by atoms with Crippen molar-refractivity contribution in [2.75, 3.05) is 20.1 Å². The zero-order chi connectivity index (χ0) is 17.0. The van der Waals surface area contributed by atoms with Gasteiger partial charge in [0.05, 0.1) is 5.60 Å². The second kappa shape index (κ2) is 11.0. The van der Waals surface area contributed by atoms with Crippen molar-refractivity contribution >= 4 is 6.09 Å². The van der Waals surface area contributed by atoms with Crippen LogP contribution in [0.15, 0.2) is 30.3 Å². The van der Waals surface area contributed by atoms with E-state index in [0.29, 0.717) is 19.7 Å². The van der Waals surface area contributed by atoms with Gasteiger partial charge in [0, 0.05) is 13.1 Å². The van der Waals surface area contributed by atoms with E-state index < -0.39 is 5.60 Å². The Hall–Kier alpha value is -1.59. The molecule has 0 aliphatic heterocycles. The van der Waals surface area contributed by atoms with Crippen molar-refractivity contribution in [2.45, 2.75) is 51.2 Å². The molecule has 0 spiro atoms. The molecule has 0 radical (unpaired) electrons. The van der Waals surface area contributed by atoms with Crippen molar-refractivity contribution < 1.29 is 14.6 Å². The summed E-state index contributed by atoms with van der Waals surface area (Å²) in [5.74, 6) is 0. The van der Waals surface area contributed by atoms with Crippen LogP contribution in [0, 0.1) is 0 Å². The monoisotopic (exact) mass is 322 g/mol. The van der Waals surface area contributed by atoms with E-state index in [1.165, 1.54) is 0 Å². The average Bonchev–Trinajstić information content (AvgIpc) is 2.53. The lowest BCUT2D eigenvalue weighted by Gasteiger charge is -2.22. The van der Waals surface area contributed by atoms with Gasteiger partial charge in [-0.3, -0.25) is 0 Å². The quantitative estimate of drug-likeness (QED) is 0.548. The van der Waals surface area contributed by atoms with E-state index in [4.69, 9.17) is 4.74 Å². The molecule has 23 heavy (non-hydrogen) atoms. The van der Waals surface area contributed by atoms with E-state index in [9.17, 15) is 9.90 Å². The van der Waals surface area contributed by atoms with Crippen LogP contribution in [0.5, 0.6) is 0 Å².